The van der Waals surface area contributed by atoms with E-state index in [1.54, 1.807) is 12.3 Å². The molecule has 0 saturated carbocycles. The zero-order chi connectivity index (χ0) is 9.26. The molecule has 1 saturated heterocycles. The van der Waals surface area contributed by atoms with Crippen molar-refractivity contribution in [3.8, 4) is 0 Å². The minimum Gasteiger partial charge on any atom is -0.384 e. The number of aromatic nitrogens is 1. The molecule has 2 heterocycles. The van der Waals surface area contributed by atoms with Crippen LogP contribution in [0.25, 0.3) is 0 Å². The summed E-state index contributed by atoms with van der Waals surface area (Å²) in [6.07, 6.45) is 2.52. The molecule has 1 atom stereocenters. The van der Waals surface area contributed by atoms with Gasteiger partial charge in [0, 0.05) is 12.7 Å². The first kappa shape index (κ1) is 8.04. The molecule has 0 bridgehead atoms. The molecule has 68 valence electrons. The van der Waals surface area contributed by atoms with Crippen molar-refractivity contribution in [1.82, 2.24) is 10.3 Å². The molecule has 3 N–H and O–H groups in total. The number of nitrogens with zero attached hydrogens (tertiary/aromatic N) is 1. The van der Waals surface area contributed by atoms with E-state index in [4.69, 9.17) is 5.73 Å². The lowest BCUT2D eigenvalue weighted by Crippen LogP contribution is -2.17. The molecule has 1 unspecified atom stereocenters. The predicted molar refractivity (Wildman–Crippen MR) is 49.0 cm³/mol. The molecule has 4 heteroatoms. The minimum absolute atomic E-state index is 0.0342. The van der Waals surface area contributed by atoms with E-state index in [9.17, 15) is 4.79 Å². The van der Waals surface area contributed by atoms with Gasteiger partial charge in [-0.25, -0.2) is 4.98 Å². The molecule has 13 heavy (non-hydrogen) atoms. The first-order chi connectivity index (χ1) is 6.27. The molecule has 1 aliphatic rings. The summed E-state index contributed by atoms with van der Waals surface area (Å²) in [6, 6.07) is 3.58. The number of nitrogen functional groups attached to an aromatic ring is 1. The molecule has 0 aromatic carbocycles. The van der Waals surface area contributed by atoms with Crippen molar-refractivity contribution in [1.29, 1.82) is 0 Å². The Morgan fingerprint density at radius 3 is 2.92 bits per heavy atom. The summed E-state index contributed by atoms with van der Waals surface area (Å²) in [5.41, 5.74) is 6.40. The van der Waals surface area contributed by atoms with Gasteiger partial charge in [-0.15, -0.1) is 0 Å². The molecule has 0 aliphatic carbocycles. The van der Waals surface area contributed by atoms with E-state index in [0.717, 1.165) is 18.5 Å². The number of nitrogens with one attached hydrogen (secondary N) is 1. The Balaban J connectivity index is 2.25. The molecule has 2 rings (SSSR count). The van der Waals surface area contributed by atoms with Crippen LogP contribution in [0.1, 0.15) is 17.9 Å². The molecule has 4 nitrogen and oxygen atoms in total. The van der Waals surface area contributed by atoms with Gasteiger partial charge in [-0.05, 0) is 18.1 Å². The second kappa shape index (κ2) is 3.05. The highest BCUT2D eigenvalue weighted by Crippen LogP contribution is 2.22. The van der Waals surface area contributed by atoms with Crippen molar-refractivity contribution < 1.29 is 4.79 Å². The van der Waals surface area contributed by atoms with Crippen LogP contribution in [0.5, 0.6) is 0 Å². The maximum atomic E-state index is 11.3. The van der Waals surface area contributed by atoms with Gasteiger partial charge in [-0.3, -0.25) is 4.79 Å². The maximum absolute atomic E-state index is 11.3. The van der Waals surface area contributed by atoms with Crippen molar-refractivity contribution in [3.05, 3.63) is 23.9 Å². The summed E-state index contributed by atoms with van der Waals surface area (Å²) in [5, 5.41) is 2.78. The summed E-state index contributed by atoms with van der Waals surface area (Å²) in [7, 11) is 0. The van der Waals surface area contributed by atoms with Crippen LogP contribution in [-0.4, -0.2) is 17.4 Å². The van der Waals surface area contributed by atoms with Crippen LogP contribution in [0.15, 0.2) is 18.3 Å². The van der Waals surface area contributed by atoms with E-state index in [0.29, 0.717) is 5.82 Å². The third kappa shape index (κ3) is 1.47. The van der Waals surface area contributed by atoms with E-state index < -0.39 is 0 Å². The SMILES string of the molecule is Nc1ccc(C2CCNC2=O)cn1. The number of hydrogen-bond donors (Lipinski definition) is 2. The van der Waals surface area contributed by atoms with Gasteiger partial charge in [0.05, 0.1) is 5.92 Å². The fourth-order valence-corrected chi connectivity index (χ4v) is 1.53. The highest BCUT2D eigenvalue weighted by molar-refractivity contribution is 5.85. The van der Waals surface area contributed by atoms with Gasteiger partial charge in [0.25, 0.3) is 0 Å². The Morgan fingerprint density at radius 2 is 2.38 bits per heavy atom. The molecule has 1 fully saturated rings. The Bertz CT molecular complexity index is 320. The molecule has 0 spiro atoms. The zero-order valence-corrected chi connectivity index (χ0v) is 7.16. The molecular weight excluding hydrogens is 166 g/mol. The minimum atomic E-state index is -0.0342. The third-order valence-corrected chi connectivity index (χ3v) is 2.26. The van der Waals surface area contributed by atoms with Gasteiger partial charge in [0.2, 0.25) is 5.91 Å². The van der Waals surface area contributed by atoms with Gasteiger partial charge in [-0.1, -0.05) is 6.07 Å². The first-order valence-corrected chi connectivity index (χ1v) is 4.26. The number of hydrogen-bond acceptors (Lipinski definition) is 3. The Morgan fingerprint density at radius 1 is 1.54 bits per heavy atom. The largest absolute Gasteiger partial charge is 0.384 e. The molecule has 1 aromatic rings. The van der Waals surface area contributed by atoms with Crippen LogP contribution in [0.4, 0.5) is 5.82 Å². The van der Waals surface area contributed by atoms with E-state index in [1.807, 2.05) is 6.07 Å². The second-order valence-corrected chi connectivity index (χ2v) is 3.15. The molecule has 1 aliphatic heterocycles. The second-order valence-electron chi connectivity index (χ2n) is 3.15. The van der Waals surface area contributed by atoms with E-state index in [-0.39, 0.29) is 11.8 Å². The Labute approximate surface area is 76.2 Å². The lowest BCUT2D eigenvalue weighted by atomic mass is 10.00. The summed E-state index contributed by atoms with van der Waals surface area (Å²) < 4.78 is 0. The van der Waals surface area contributed by atoms with E-state index in [1.165, 1.54) is 0 Å². The van der Waals surface area contributed by atoms with Crippen LogP contribution in [0.2, 0.25) is 0 Å². The van der Waals surface area contributed by atoms with Crippen molar-refractivity contribution >= 4 is 11.7 Å². The maximum Gasteiger partial charge on any atom is 0.227 e. The van der Waals surface area contributed by atoms with Gasteiger partial charge < -0.3 is 11.1 Å². The summed E-state index contributed by atoms with van der Waals surface area (Å²) in [6.45, 7) is 0.758. The van der Waals surface area contributed by atoms with Gasteiger partial charge >= 0.3 is 0 Å². The number of carbonyl (C=O) groups excluding carboxylic acids is 1. The number of nitrogens with two attached hydrogens (primary N) is 1. The average Bonchev–Trinajstić information content (AvgIpc) is 2.53. The van der Waals surface area contributed by atoms with Crippen LogP contribution < -0.4 is 11.1 Å². The topological polar surface area (TPSA) is 68.0 Å². The smallest absolute Gasteiger partial charge is 0.227 e. The molecule has 1 aromatic heterocycles. The van der Waals surface area contributed by atoms with Gasteiger partial charge in [0.15, 0.2) is 0 Å². The van der Waals surface area contributed by atoms with Crippen molar-refractivity contribution in [2.24, 2.45) is 0 Å². The van der Waals surface area contributed by atoms with Crippen molar-refractivity contribution in [2.75, 3.05) is 12.3 Å². The third-order valence-electron chi connectivity index (χ3n) is 2.26. The summed E-state index contributed by atoms with van der Waals surface area (Å²) in [5.74, 6) is 0.543. The molecule has 0 radical (unpaired) electrons. The predicted octanol–water partition coefficient (Wildman–Crippen LogP) is 0.267. The van der Waals surface area contributed by atoms with Crippen LogP contribution in [-0.2, 0) is 4.79 Å². The Hall–Kier alpha value is -1.58. The van der Waals surface area contributed by atoms with Crippen LogP contribution in [0.3, 0.4) is 0 Å². The normalized spacial score (nSPS) is 21.5. The van der Waals surface area contributed by atoms with Crippen LogP contribution >= 0.6 is 0 Å². The Kier molecular flexibility index (Phi) is 1.88. The van der Waals surface area contributed by atoms with E-state index in [2.05, 4.69) is 10.3 Å². The summed E-state index contributed by atoms with van der Waals surface area (Å²) in [4.78, 5) is 15.2. The van der Waals surface area contributed by atoms with E-state index >= 15 is 0 Å². The number of pyridine rings is 1. The lowest BCUT2D eigenvalue weighted by molar-refractivity contribution is -0.120. The molecular formula is C9H11N3O. The standard InChI is InChI=1S/C9H11N3O/c10-8-2-1-6(5-12-8)7-3-4-11-9(7)13/h1-2,5,7H,3-4H2,(H2,10,12)(H,11,13). The van der Waals surface area contributed by atoms with Crippen molar-refractivity contribution in [3.63, 3.8) is 0 Å². The highest BCUT2D eigenvalue weighted by Gasteiger charge is 2.25. The first-order valence-electron chi connectivity index (χ1n) is 4.26. The van der Waals surface area contributed by atoms with Crippen LogP contribution in [0, 0.1) is 0 Å². The van der Waals surface area contributed by atoms with Crippen molar-refractivity contribution in [2.45, 2.75) is 12.3 Å². The fraction of sp³-hybridized carbons (Fsp3) is 0.333. The van der Waals surface area contributed by atoms with Gasteiger partial charge in [-0.2, -0.15) is 0 Å². The molecule has 1 amide bonds. The fourth-order valence-electron chi connectivity index (χ4n) is 1.53. The quantitative estimate of drug-likeness (QED) is 0.646. The average molecular weight is 177 g/mol. The van der Waals surface area contributed by atoms with Gasteiger partial charge in [0.1, 0.15) is 5.82 Å². The number of carbonyl (C=O) groups is 1. The monoisotopic (exact) mass is 177 g/mol. The number of amides is 1. The lowest BCUT2D eigenvalue weighted by Gasteiger charge is -2.05. The zero-order valence-electron chi connectivity index (χ0n) is 7.16. The summed E-state index contributed by atoms with van der Waals surface area (Å²) >= 11 is 0. The highest BCUT2D eigenvalue weighted by atomic mass is 16.2. The number of rotatable bonds is 1. The number of anilines is 1.